The minimum absolute atomic E-state index is 0.0233. The third-order valence-corrected chi connectivity index (χ3v) is 6.00. The molecular weight excluding hydrogens is 422 g/mol. The van der Waals surface area contributed by atoms with Crippen molar-refractivity contribution >= 4 is 39.2 Å². The Morgan fingerprint density at radius 2 is 1.75 bits per heavy atom. The number of ether oxygens (including phenoxy) is 1. The van der Waals surface area contributed by atoms with Crippen LogP contribution in [0.4, 0.5) is 16.2 Å². The van der Waals surface area contributed by atoms with E-state index in [1.807, 2.05) is 48.5 Å². The molecule has 2 heterocycles. The van der Waals surface area contributed by atoms with Gasteiger partial charge < -0.3 is 15.4 Å². The molecule has 6 nitrogen and oxygen atoms in total. The fourth-order valence-electron chi connectivity index (χ4n) is 3.83. The summed E-state index contributed by atoms with van der Waals surface area (Å²) in [5, 5.41) is 5.86. The highest BCUT2D eigenvalue weighted by Gasteiger charge is 2.41. The summed E-state index contributed by atoms with van der Waals surface area (Å²) in [6, 6.07) is 15.3. The van der Waals surface area contributed by atoms with Crippen molar-refractivity contribution in [3.63, 3.8) is 0 Å². The Bertz CT molecular complexity index is 861. The van der Waals surface area contributed by atoms with Crippen molar-refractivity contribution in [1.29, 1.82) is 0 Å². The van der Waals surface area contributed by atoms with E-state index < -0.39 is 5.41 Å². The van der Waals surface area contributed by atoms with Crippen molar-refractivity contribution in [3.05, 3.63) is 58.6 Å². The van der Waals surface area contributed by atoms with Crippen LogP contribution in [0.15, 0.2) is 53.0 Å². The number of carbonyl (C=O) groups is 2. The molecule has 7 heteroatoms. The lowest BCUT2D eigenvalue weighted by molar-refractivity contribution is -0.125. The SMILES string of the molecule is O=C1NCCN1c1ccc(NC(=O)C2(c3ccc(Br)cc3)CCOCC2)cc1. The van der Waals surface area contributed by atoms with Gasteiger partial charge in [0, 0.05) is 42.2 Å². The monoisotopic (exact) mass is 443 g/mol. The fraction of sp³-hybridized carbons (Fsp3) is 0.333. The third kappa shape index (κ3) is 3.64. The number of benzene rings is 2. The second kappa shape index (κ2) is 7.93. The Kier molecular flexibility index (Phi) is 5.37. The van der Waals surface area contributed by atoms with Gasteiger partial charge in [-0.2, -0.15) is 0 Å². The van der Waals surface area contributed by atoms with Crippen LogP contribution >= 0.6 is 15.9 Å². The van der Waals surface area contributed by atoms with Gasteiger partial charge in [0.25, 0.3) is 0 Å². The van der Waals surface area contributed by atoms with Gasteiger partial charge in [0.15, 0.2) is 0 Å². The van der Waals surface area contributed by atoms with Crippen LogP contribution in [0.5, 0.6) is 0 Å². The van der Waals surface area contributed by atoms with Crippen molar-refractivity contribution in [2.75, 3.05) is 36.5 Å². The molecule has 0 radical (unpaired) electrons. The van der Waals surface area contributed by atoms with Gasteiger partial charge in [0.1, 0.15) is 0 Å². The van der Waals surface area contributed by atoms with Crippen LogP contribution in [0.1, 0.15) is 18.4 Å². The molecule has 0 bridgehead atoms. The number of anilines is 2. The molecular formula is C21H22BrN3O3. The standard InChI is InChI=1S/C21H22BrN3O3/c22-16-3-1-15(2-4-16)21(9-13-28-14-10-21)19(26)24-17-5-7-18(8-6-17)25-12-11-23-20(25)27/h1-8H,9-14H2,(H,23,27)(H,24,26). The van der Waals surface area contributed by atoms with E-state index in [-0.39, 0.29) is 11.9 Å². The van der Waals surface area contributed by atoms with E-state index in [0.717, 1.165) is 21.4 Å². The van der Waals surface area contributed by atoms with Crippen molar-refractivity contribution in [2.45, 2.75) is 18.3 Å². The fourth-order valence-corrected chi connectivity index (χ4v) is 4.09. The molecule has 2 aliphatic heterocycles. The summed E-state index contributed by atoms with van der Waals surface area (Å²) in [6.45, 7) is 2.42. The molecule has 2 aromatic carbocycles. The van der Waals surface area contributed by atoms with Crippen LogP contribution in [0.2, 0.25) is 0 Å². The van der Waals surface area contributed by atoms with Crippen LogP contribution in [0.3, 0.4) is 0 Å². The predicted molar refractivity (Wildman–Crippen MR) is 112 cm³/mol. The van der Waals surface area contributed by atoms with Crippen LogP contribution in [0.25, 0.3) is 0 Å². The van der Waals surface area contributed by atoms with Crippen molar-refractivity contribution in [2.24, 2.45) is 0 Å². The molecule has 2 saturated heterocycles. The molecule has 0 unspecified atom stereocenters. The lowest BCUT2D eigenvalue weighted by Crippen LogP contribution is -2.44. The van der Waals surface area contributed by atoms with Crippen molar-refractivity contribution in [1.82, 2.24) is 5.32 Å². The average molecular weight is 444 g/mol. The molecule has 2 aromatic rings. The molecule has 2 aliphatic rings. The molecule has 0 aliphatic carbocycles. The van der Waals surface area contributed by atoms with E-state index in [2.05, 4.69) is 26.6 Å². The number of hydrogen-bond acceptors (Lipinski definition) is 3. The van der Waals surface area contributed by atoms with Gasteiger partial charge in [-0.3, -0.25) is 9.69 Å². The minimum atomic E-state index is -0.605. The predicted octanol–water partition coefficient (Wildman–Crippen LogP) is 3.67. The first-order chi connectivity index (χ1) is 13.6. The van der Waals surface area contributed by atoms with E-state index in [0.29, 0.717) is 39.1 Å². The first-order valence-corrected chi connectivity index (χ1v) is 10.2. The number of carbonyl (C=O) groups excluding carboxylic acids is 2. The topological polar surface area (TPSA) is 70.7 Å². The molecule has 0 saturated carbocycles. The lowest BCUT2D eigenvalue weighted by Gasteiger charge is -2.36. The Hall–Kier alpha value is -2.38. The van der Waals surface area contributed by atoms with Gasteiger partial charge in [0.05, 0.1) is 5.41 Å². The highest BCUT2D eigenvalue weighted by atomic mass is 79.9. The second-order valence-corrected chi connectivity index (χ2v) is 8.00. The summed E-state index contributed by atoms with van der Waals surface area (Å²) in [4.78, 5) is 26.8. The van der Waals surface area contributed by atoms with Gasteiger partial charge in [-0.15, -0.1) is 0 Å². The Morgan fingerprint density at radius 3 is 2.36 bits per heavy atom. The van der Waals surface area contributed by atoms with E-state index in [4.69, 9.17) is 4.74 Å². The smallest absolute Gasteiger partial charge is 0.321 e. The van der Waals surface area contributed by atoms with E-state index in [9.17, 15) is 9.59 Å². The Morgan fingerprint density at radius 1 is 1.07 bits per heavy atom. The maximum Gasteiger partial charge on any atom is 0.321 e. The summed E-state index contributed by atoms with van der Waals surface area (Å²) < 4.78 is 6.51. The zero-order valence-corrected chi connectivity index (χ0v) is 17.0. The van der Waals surface area contributed by atoms with Gasteiger partial charge in [0.2, 0.25) is 5.91 Å². The lowest BCUT2D eigenvalue weighted by atomic mass is 9.73. The zero-order chi connectivity index (χ0) is 19.6. The van der Waals surface area contributed by atoms with Gasteiger partial charge in [-0.1, -0.05) is 28.1 Å². The first-order valence-electron chi connectivity index (χ1n) is 9.39. The average Bonchev–Trinajstić information content (AvgIpc) is 3.15. The summed E-state index contributed by atoms with van der Waals surface area (Å²) in [6.07, 6.45) is 1.29. The van der Waals surface area contributed by atoms with Crippen molar-refractivity contribution in [3.8, 4) is 0 Å². The molecule has 2 fully saturated rings. The molecule has 4 rings (SSSR count). The first kappa shape index (κ1) is 19.0. The maximum absolute atomic E-state index is 13.3. The summed E-state index contributed by atoms with van der Waals surface area (Å²) in [7, 11) is 0. The number of nitrogens with zero attached hydrogens (tertiary/aromatic N) is 1. The Balaban J connectivity index is 1.54. The van der Waals surface area contributed by atoms with E-state index >= 15 is 0 Å². The largest absolute Gasteiger partial charge is 0.381 e. The highest BCUT2D eigenvalue weighted by Crippen LogP contribution is 2.37. The minimum Gasteiger partial charge on any atom is -0.381 e. The van der Waals surface area contributed by atoms with Crippen LogP contribution in [0, 0.1) is 0 Å². The number of rotatable bonds is 4. The zero-order valence-electron chi connectivity index (χ0n) is 15.4. The summed E-state index contributed by atoms with van der Waals surface area (Å²) >= 11 is 3.46. The second-order valence-electron chi connectivity index (χ2n) is 7.09. The third-order valence-electron chi connectivity index (χ3n) is 5.47. The van der Waals surface area contributed by atoms with Crippen LogP contribution < -0.4 is 15.5 Å². The quantitative estimate of drug-likeness (QED) is 0.756. The van der Waals surface area contributed by atoms with Crippen molar-refractivity contribution < 1.29 is 14.3 Å². The van der Waals surface area contributed by atoms with Gasteiger partial charge >= 0.3 is 6.03 Å². The number of halogens is 1. The molecule has 28 heavy (non-hydrogen) atoms. The van der Waals surface area contributed by atoms with Gasteiger partial charge in [-0.25, -0.2) is 4.79 Å². The molecule has 0 aromatic heterocycles. The van der Waals surface area contributed by atoms with Crippen LogP contribution in [-0.4, -0.2) is 38.2 Å². The number of amides is 3. The number of hydrogen-bond donors (Lipinski definition) is 2. The molecule has 0 spiro atoms. The van der Waals surface area contributed by atoms with E-state index in [1.165, 1.54) is 0 Å². The summed E-state index contributed by atoms with van der Waals surface area (Å²) in [5.41, 5.74) is 1.94. The van der Waals surface area contributed by atoms with Gasteiger partial charge in [-0.05, 0) is 54.8 Å². The summed E-state index contributed by atoms with van der Waals surface area (Å²) in [5.74, 6) is -0.0233. The Labute approximate surface area is 172 Å². The normalized spacial score (nSPS) is 18.6. The van der Waals surface area contributed by atoms with E-state index in [1.54, 1.807) is 4.90 Å². The van der Waals surface area contributed by atoms with Crippen LogP contribution in [-0.2, 0) is 14.9 Å². The number of urea groups is 1. The molecule has 0 atom stereocenters. The number of nitrogens with one attached hydrogen (secondary N) is 2. The highest BCUT2D eigenvalue weighted by molar-refractivity contribution is 9.10. The molecule has 2 N–H and O–H groups in total. The maximum atomic E-state index is 13.3. The molecule has 3 amide bonds. The molecule has 146 valence electrons.